The van der Waals surface area contributed by atoms with Crippen molar-refractivity contribution in [3.05, 3.63) is 64.7 Å². The predicted octanol–water partition coefficient (Wildman–Crippen LogP) is 2.88. The monoisotopic (exact) mass is 329 g/mol. The molecular formula is C16H16ClN5O. The molecule has 0 saturated heterocycles. The number of halogens is 1. The summed E-state index contributed by atoms with van der Waals surface area (Å²) >= 11 is 6.15. The van der Waals surface area contributed by atoms with Crippen molar-refractivity contribution in [2.45, 2.75) is 13.5 Å². The lowest BCUT2D eigenvalue weighted by Crippen LogP contribution is -2.13. The van der Waals surface area contributed by atoms with Crippen LogP contribution in [0.3, 0.4) is 0 Å². The normalized spacial score (nSPS) is 10.7. The zero-order chi connectivity index (χ0) is 16.4. The summed E-state index contributed by atoms with van der Waals surface area (Å²) in [5, 5.41) is 11.5. The van der Waals surface area contributed by atoms with Crippen LogP contribution in [0.25, 0.3) is 0 Å². The standard InChI is InChI=1S/C16H16ClN5O/c1-11-14(17)15(20-21(11)2)16(23)19-13-6-3-5-12(9-13)10-22-8-4-7-18-22/h3-9H,10H2,1-2H3,(H,19,23). The first-order chi connectivity index (χ1) is 11.0. The molecule has 3 aromatic rings. The number of carbonyl (C=O) groups is 1. The van der Waals surface area contributed by atoms with Crippen LogP contribution in [0.2, 0.25) is 5.02 Å². The Morgan fingerprint density at radius 3 is 2.83 bits per heavy atom. The lowest BCUT2D eigenvalue weighted by Gasteiger charge is -2.07. The Hall–Kier alpha value is -2.60. The fourth-order valence-electron chi connectivity index (χ4n) is 2.25. The van der Waals surface area contributed by atoms with Gasteiger partial charge in [-0.15, -0.1) is 0 Å². The molecule has 0 aliphatic carbocycles. The minimum absolute atomic E-state index is 0.226. The molecule has 0 radical (unpaired) electrons. The molecule has 1 N–H and O–H groups in total. The Bertz CT molecular complexity index is 838. The number of benzene rings is 1. The van der Waals surface area contributed by atoms with E-state index in [1.807, 2.05) is 48.1 Å². The third-order valence-electron chi connectivity index (χ3n) is 3.56. The highest BCUT2D eigenvalue weighted by molar-refractivity contribution is 6.34. The first kappa shape index (κ1) is 15.3. The van der Waals surface area contributed by atoms with Gasteiger partial charge >= 0.3 is 0 Å². The van der Waals surface area contributed by atoms with E-state index >= 15 is 0 Å². The van der Waals surface area contributed by atoms with E-state index in [4.69, 9.17) is 11.6 Å². The van der Waals surface area contributed by atoms with E-state index in [-0.39, 0.29) is 11.6 Å². The van der Waals surface area contributed by atoms with Crippen molar-refractivity contribution in [1.29, 1.82) is 0 Å². The van der Waals surface area contributed by atoms with Gasteiger partial charge in [-0.3, -0.25) is 14.2 Å². The number of rotatable bonds is 4. The van der Waals surface area contributed by atoms with Gasteiger partial charge in [0.15, 0.2) is 5.69 Å². The summed E-state index contributed by atoms with van der Waals surface area (Å²) in [6.07, 6.45) is 3.62. The molecule has 2 heterocycles. The molecule has 0 unspecified atom stereocenters. The van der Waals surface area contributed by atoms with Crippen LogP contribution in [0.4, 0.5) is 5.69 Å². The molecule has 2 aromatic heterocycles. The highest BCUT2D eigenvalue weighted by Crippen LogP contribution is 2.21. The first-order valence-corrected chi connectivity index (χ1v) is 7.49. The van der Waals surface area contributed by atoms with Crippen LogP contribution in [-0.4, -0.2) is 25.5 Å². The van der Waals surface area contributed by atoms with Crippen LogP contribution in [-0.2, 0) is 13.6 Å². The summed E-state index contributed by atoms with van der Waals surface area (Å²) in [5.41, 5.74) is 2.71. The number of hydrogen-bond donors (Lipinski definition) is 1. The van der Waals surface area contributed by atoms with Crippen molar-refractivity contribution in [3.63, 3.8) is 0 Å². The number of hydrogen-bond acceptors (Lipinski definition) is 3. The van der Waals surface area contributed by atoms with E-state index in [1.165, 1.54) is 0 Å². The van der Waals surface area contributed by atoms with Gasteiger partial charge in [-0.1, -0.05) is 23.7 Å². The van der Waals surface area contributed by atoms with E-state index < -0.39 is 0 Å². The summed E-state index contributed by atoms with van der Waals surface area (Å²) in [6.45, 7) is 2.46. The molecule has 0 spiro atoms. The first-order valence-electron chi connectivity index (χ1n) is 7.11. The minimum Gasteiger partial charge on any atom is -0.321 e. The SMILES string of the molecule is Cc1c(Cl)c(C(=O)Nc2cccc(Cn3cccn3)c2)nn1C. The van der Waals surface area contributed by atoms with Gasteiger partial charge in [-0.05, 0) is 30.7 Å². The van der Waals surface area contributed by atoms with Gasteiger partial charge in [-0.25, -0.2) is 0 Å². The van der Waals surface area contributed by atoms with Crippen LogP contribution < -0.4 is 5.32 Å². The number of anilines is 1. The summed E-state index contributed by atoms with van der Waals surface area (Å²) in [6, 6.07) is 9.48. The summed E-state index contributed by atoms with van der Waals surface area (Å²) in [4.78, 5) is 12.3. The smallest absolute Gasteiger partial charge is 0.277 e. The second kappa shape index (κ2) is 6.26. The molecule has 7 heteroatoms. The minimum atomic E-state index is -0.324. The molecule has 0 aliphatic rings. The largest absolute Gasteiger partial charge is 0.321 e. The van der Waals surface area contributed by atoms with Crippen LogP contribution in [0.15, 0.2) is 42.7 Å². The Morgan fingerprint density at radius 2 is 2.17 bits per heavy atom. The molecule has 6 nitrogen and oxygen atoms in total. The number of nitrogens with one attached hydrogen (secondary N) is 1. The van der Waals surface area contributed by atoms with Gasteiger partial charge in [0, 0.05) is 25.1 Å². The predicted molar refractivity (Wildman–Crippen MR) is 88.7 cm³/mol. The third-order valence-corrected chi connectivity index (χ3v) is 4.02. The van der Waals surface area contributed by atoms with Crippen molar-refractivity contribution in [1.82, 2.24) is 19.6 Å². The average molecular weight is 330 g/mol. The second-order valence-corrected chi connectivity index (χ2v) is 5.61. The van der Waals surface area contributed by atoms with Crippen LogP contribution in [0, 0.1) is 6.92 Å². The van der Waals surface area contributed by atoms with E-state index in [0.717, 1.165) is 11.3 Å². The Kier molecular flexibility index (Phi) is 4.16. The number of aryl methyl sites for hydroxylation is 1. The molecule has 1 aromatic carbocycles. The molecule has 0 saturated carbocycles. The fraction of sp³-hybridized carbons (Fsp3) is 0.188. The van der Waals surface area contributed by atoms with Gasteiger partial charge in [0.05, 0.1) is 17.3 Å². The highest BCUT2D eigenvalue weighted by atomic mass is 35.5. The Morgan fingerprint density at radius 1 is 1.35 bits per heavy atom. The number of nitrogens with zero attached hydrogens (tertiary/aromatic N) is 4. The molecule has 118 valence electrons. The van der Waals surface area contributed by atoms with Crippen molar-refractivity contribution >= 4 is 23.2 Å². The molecular weight excluding hydrogens is 314 g/mol. The molecule has 0 fully saturated rings. The highest BCUT2D eigenvalue weighted by Gasteiger charge is 2.18. The van der Waals surface area contributed by atoms with Gasteiger partial charge in [-0.2, -0.15) is 10.2 Å². The van der Waals surface area contributed by atoms with E-state index in [2.05, 4.69) is 15.5 Å². The zero-order valence-corrected chi connectivity index (χ0v) is 13.6. The maximum atomic E-state index is 12.3. The lowest BCUT2D eigenvalue weighted by molar-refractivity contribution is 0.102. The number of carbonyl (C=O) groups excluding carboxylic acids is 1. The summed E-state index contributed by atoms with van der Waals surface area (Å²) in [7, 11) is 1.75. The quantitative estimate of drug-likeness (QED) is 0.800. The van der Waals surface area contributed by atoms with Gasteiger partial charge in [0.2, 0.25) is 0 Å². The van der Waals surface area contributed by atoms with Crippen molar-refractivity contribution in [3.8, 4) is 0 Å². The molecule has 3 rings (SSSR count). The average Bonchev–Trinajstić information content (AvgIpc) is 3.12. The van der Waals surface area contributed by atoms with Crippen LogP contribution >= 0.6 is 11.6 Å². The lowest BCUT2D eigenvalue weighted by atomic mass is 10.2. The summed E-state index contributed by atoms with van der Waals surface area (Å²) < 4.78 is 3.41. The Labute approximate surface area is 138 Å². The number of aromatic nitrogens is 4. The summed E-state index contributed by atoms with van der Waals surface area (Å²) in [5.74, 6) is -0.324. The van der Waals surface area contributed by atoms with Gasteiger partial charge in [0.25, 0.3) is 5.91 Å². The van der Waals surface area contributed by atoms with Crippen molar-refractivity contribution in [2.75, 3.05) is 5.32 Å². The van der Waals surface area contributed by atoms with E-state index in [0.29, 0.717) is 17.3 Å². The molecule has 0 bridgehead atoms. The van der Waals surface area contributed by atoms with Gasteiger partial charge < -0.3 is 5.32 Å². The number of amides is 1. The van der Waals surface area contributed by atoms with E-state index in [1.54, 1.807) is 17.9 Å². The zero-order valence-electron chi connectivity index (χ0n) is 12.8. The van der Waals surface area contributed by atoms with E-state index in [9.17, 15) is 4.79 Å². The molecule has 0 aliphatic heterocycles. The maximum Gasteiger partial charge on any atom is 0.277 e. The second-order valence-electron chi connectivity index (χ2n) is 5.23. The van der Waals surface area contributed by atoms with Gasteiger partial charge in [0.1, 0.15) is 0 Å². The third kappa shape index (κ3) is 3.27. The Balaban J connectivity index is 1.77. The molecule has 0 atom stereocenters. The molecule has 1 amide bonds. The van der Waals surface area contributed by atoms with Crippen LogP contribution in [0.5, 0.6) is 0 Å². The van der Waals surface area contributed by atoms with Crippen LogP contribution in [0.1, 0.15) is 21.7 Å². The van der Waals surface area contributed by atoms with Crippen molar-refractivity contribution < 1.29 is 4.79 Å². The maximum absolute atomic E-state index is 12.3. The van der Waals surface area contributed by atoms with Crippen molar-refractivity contribution in [2.24, 2.45) is 7.05 Å². The fourth-order valence-corrected chi connectivity index (χ4v) is 2.49. The molecule has 23 heavy (non-hydrogen) atoms. The topological polar surface area (TPSA) is 64.7 Å².